The van der Waals surface area contributed by atoms with Crippen LogP contribution >= 0.6 is 15.9 Å². The van der Waals surface area contributed by atoms with E-state index >= 15 is 0 Å². The Morgan fingerprint density at radius 3 is 2.73 bits per heavy atom. The third-order valence-corrected chi connectivity index (χ3v) is 3.51. The average Bonchev–Trinajstić information content (AvgIpc) is 2.86. The van der Waals surface area contributed by atoms with Crippen molar-refractivity contribution in [2.24, 2.45) is 4.99 Å². The molecular weight excluding hydrogens is 344 g/mol. The van der Waals surface area contributed by atoms with Crippen molar-refractivity contribution in [1.82, 2.24) is 5.32 Å². The number of aliphatic imine (C=N–C) groups is 1. The van der Waals surface area contributed by atoms with E-state index in [1.807, 2.05) is 54.6 Å². The van der Waals surface area contributed by atoms with E-state index in [2.05, 4.69) is 26.2 Å². The van der Waals surface area contributed by atoms with Gasteiger partial charge < -0.3 is 10.1 Å². The van der Waals surface area contributed by atoms with Crippen LogP contribution in [0.2, 0.25) is 0 Å². The Labute approximate surface area is 136 Å². The highest BCUT2D eigenvalue weighted by molar-refractivity contribution is 9.10. The number of carbonyl (C=O) groups is 1. The molecule has 22 heavy (non-hydrogen) atoms. The molecule has 0 saturated carbocycles. The number of nitrogens with zero attached hydrogens (tertiary/aromatic N) is 1. The number of amides is 1. The number of hydrogen-bond acceptors (Lipinski definition) is 3. The number of rotatable bonds is 4. The fourth-order valence-corrected chi connectivity index (χ4v) is 2.42. The topological polar surface area (TPSA) is 50.7 Å². The largest absolute Gasteiger partial charge is 0.486 e. The summed E-state index contributed by atoms with van der Waals surface area (Å²) in [5.41, 5.74) is 1.29. The van der Waals surface area contributed by atoms with E-state index in [9.17, 15) is 4.79 Å². The highest BCUT2D eigenvalue weighted by Crippen LogP contribution is 2.17. The Kier molecular flexibility index (Phi) is 4.34. The molecule has 0 unspecified atom stereocenters. The van der Waals surface area contributed by atoms with Gasteiger partial charge in [0.15, 0.2) is 0 Å². The molecule has 0 fully saturated rings. The monoisotopic (exact) mass is 356 g/mol. The van der Waals surface area contributed by atoms with E-state index in [0.717, 1.165) is 15.8 Å². The summed E-state index contributed by atoms with van der Waals surface area (Å²) >= 11 is 3.40. The molecule has 4 nitrogen and oxygen atoms in total. The van der Waals surface area contributed by atoms with Gasteiger partial charge in [-0.15, -0.1) is 0 Å². The number of para-hydroxylation sites is 1. The summed E-state index contributed by atoms with van der Waals surface area (Å²) in [6.45, 7) is 0.228. The number of benzene rings is 2. The number of carbonyl (C=O) groups excluding carboxylic acids is 1. The molecule has 0 atom stereocenters. The van der Waals surface area contributed by atoms with Crippen LogP contribution in [0, 0.1) is 0 Å². The second-order valence-electron chi connectivity index (χ2n) is 4.70. The van der Waals surface area contributed by atoms with Crippen molar-refractivity contribution >= 4 is 33.7 Å². The second kappa shape index (κ2) is 6.58. The SMILES string of the molecule is O=C1NC(COc2ccccc2)=N/C1=C/c1cccc(Br)c1. The third kappa shape index (κ3) is 3.62. The van der Waals surface area contributed by atoms with Crippen LogP contribution in [0.4, 0.5) is 0 Å². The Balaban J connectivity index is 1.71. The van der Waals surface area contributed by atoms with E-state index in [-0.39, 0.29) is 12.5 Å². The second-order valence-corrected chi connectivity index (χ2v) is 5.61. The maximum atomic E-state index is 11.9. The summed E-state index contributed by atoms with van der Waals surface area (Å²) in [6.07, 6.45) is 1.75. The predicted octanol–water partition coefficient (Wildman–Crippen LogP) is 3.40. The van der Waals surface area contributed by atoms with Gasteiger partial charge in [0, 0.05) is 4.47 Å². The molecule has 1 aliphatic rings. The summed E-state index contributed by atoms with van der Waals surface area (Å²) < 4.78 is 6.53. The summed E-state index contributed by atoms with van der Waals surface area (Å²) in [5, 5.41) is 2.72. The van der Waals surface area contributed by atoms with Gasteiger partial charge in [0.25, 0.3) is 5.91 Å². The molecule has 0 aliphatic carbocycles. The first-order valence-corrected chi connectivity index (χ1v) is 7.54. The van der Waals surface area contributed by atoms with Gasteiger partial charge in [-0.2, -0.15) is 0 Å². The van der Waals surface area contributed by atoms with Gasteiger partial charge in [-0.3, -0.25) is 4.79 Å². The molecule has 0 spiro atoms. The van der Waals surface area contributed by atoms with Gasteiger partial charge in [-0.05, 0) is 35.9 Å². The molecule has 3 rings (SSSR count). The van der Waals surface area contributed by atoms with Crippen LogP contribution in [-0.4, -0.2) is 18.3 Å². The van der Waals surface area contributed by atoms with Crippen molar-refractivity contribution in [2.45, 2.75) is 0 Å². The van der Waals surface area contributed by atoms with Crippen molar-refractivity contribution in [1.29, 1.82) is 0 Å². The van der Waals surface area contributed by atoms with Gasteiger partial charge in [0.05, 0.1) is 0 Å². The lowest BCUT2D eigenvalue weighted by atomic mass is 10.2. The number of amidine groups is 1. The van der Waals surface area contributed by atoms with Gasteiger partial charge in [0.1, 0.15) is 23.9 Å². The van der Waals surface area contributed by atoms with E-state index in [1.165, 1.54) is 0 Å². The predicted molar refractivity (Wildman–Crippen MR) is 89.6 cm³/mol. The Morgan fingerprint density at radius 1 is 1.14 bits per heavy atom. The smallest absolute Gasteiger partial charge is 0.275 e. The van der Waals surface area contributed by atoms with Crippen LogP contribution in [0.3, 0.4) is 0 Å². The minimum Gasteiger partial charge on any atom is -0.486 e. The zero-order chi connectivity index (χ0) is 15.4. The minimum atomic E-state index is -0.216. The lowest BCUT2D eigenvalue weighted by Gasteiger charge is -2.04. The molecule has 5 heteroatoms. The Morgan fingerprint density at radius 2 is 1.95 bits per heavy atom. The Bertz CT molecular complexity index is 754. The fraction of sp³-hybridized carbons (Fsp3) is 0.0588. The van der Waals surface area contributed by atoms with Crippen molar-refractivity contribution < 1.29 is 9.53 Å². The lowest BCUT2D eigenvalue weighted by Crippen LogP contribution is -2.28. The quantitative estimate of drug-likeness (QED) is 0.853. The first-order chi connectivity index (χ1) is 10.7. The summed E-state index contributed by atoms with van der Waals surface area (Å²) in [7, 11) is 0. The molecule has 0 saturated heterocycles. The normalized spacial score (nSPS) is 15.6. The highest BCUT2D eigenvalue weighted by atomic mass is 79.9. The van der Waals surface area contributed by atoms with Crippen LogP contribution < -0.4 is 10.1 Å². The van der Waals surface area contributed by atoms with Crippen molar-refractivity contribution in [3.8, 4) is 5.75 Å². The van der Waals surface area contributed by atoms with Gasteiger partial charge in [-0.25, -0.2) is 4.99 Å². The number of halogens is 1. The molecule has 110 valence electrons. The summed E-state index contributed by atoms with van der Waals surface area (Å²) in [5.74, 6) is 1.03. The molecule has 1 amide bonds. The zero-order valence-electron chi connectivity index (χ0n) is 11.6. The minimum absolute atomic E-state index is 0.216. The number of ether oxygens (including phenoxy) is 1. The Hall–Kier alpha value is -2.40. The van der Waals surface area contributed by atoms with Gasteiger partial charge >= 0.3 is 0 Å². The van der Waals surface area contributed by atoms with Crippen molar-refractivity contribution in [3.05, 3.63) is 70.3 Å². The molecule has 0 radical (unpaired) electrons. The molecule has 1 heterocycles. The molecule has 1 N–H and O–H groups in total. The molecule has 0 aromatic heterocycles. The average molecular weight is 357 g/mol. The number of hydrogen-bond donors (Lipinski definition) is 1. The first-order valence-electron chi connectivity index (χ1n) is 6.75. The summed E-state index contributed by atoms with van der Waals surface area (Å²) in [6, 6.07) is 17.1. The third-order valence-electron chi connectivity index (χ3n) is 3.02. The molecule has 2 aromatic carbocycles. The fourth-order valence-electron chi connectivity index (χ4n) is 2.01. The molecule has 2 aromatic rings. The van der Waals surface area contributed by atoms with Crippen LogP contribution in [0.15, 0.2) is 69.8 Å². The first kappa shape index (κ1) is 14.5. The molecule has 0 bridgehead atoms. The lowest BCUT2D eigenvalue weighted by molar-refractivity contribution is -0.115. The van der Waals surface area contributed by atoms with Crippen LogP contribution in [-0.2, 0) is 4.79 Å². The maximum Gasteiger partial charge on any atom is 0.275 e. The van der Waals surface area contributed by atoms with E-state index < -0.39 is 0 Å². The van der Waals surface area contributed by atoms with Crippen molar-refractivity contribution in [3.63, 3.8) is 0 Å². The van der Waals surface area contributed by atoms with E-state index in [4.69, 9.17) is 4.74 Å². The standard InChI is InChI=1S/C17H13BrN2O2/c18-13-6-4-5-12(9-13)10-15-17(21)20-16(19-15)11-22-14-7-2-1-3-8-14/h1-10H,11H2,(H,19,20,21)/b15-10+. The van der Waals surface area contributed by atoms with Gasteiger partial charge in [-0.1, -0.05) is 46.3 Å². The van der Waals surface area contributed by atoms with Crippen LogP contribution in [0.5, 0.6) is 5.75 Å². The maximum absolute atomic E-state index is 11.9. The van der Waals surface area contributed by atoms with Gasteiger partial charge in [0.2, 0.25) is 0 Å². The molecule has 1 aliphatic heterocycles. The van der Waals surface area contributed by atoms with E-state index in [1.54, 1.807) is 6.08 Å². The zero-order valence-corrected chi connectivity index (χ0v) is 13.2. The number of nitrogens with one attached hydrogen (secondary N) is 1. The van der Waals surface area contributed by atoms with Crippen molar-refractivity contribution in [2.75, 3.05) is 6.61 Å². The van der Waals surface area contributed by atoms with Crippen LogP contribution in [0.1, 0.15) is 5.56 Å². The highest BCUT2D eigenvalue weighted by Gasteiger charge is 2.20. The molecular formula is C17H13BrN2O2. The van der Waals surface area contributed by atoms with Crippen LogP contribution in [0.25, 0.3) is 6.08 Å². The van der Waals surface area contributed by atoms with E-state index in [0.29, 0.717) is 11.5 Å². The summed E-state index contributed by atoms with van der Waals surface area (Å²) in [4.78, 5) is 16.2.